The van der Waals surface area contributed by atoms with Gasteiger partial charge in [0.1, 0.15) is 5.82 Å². The molecule has 0 radical (unpaired) electrons. The van der Waals surface area contributed by atoms with Gasteiger partial charge in [-0.3, -0.25) is 14.4 Å². The minimum atomic E-state index is -0.0577. The Morgan fingerprint density at radius 2 is 2.00 bits per heavy atom. The van der Waals surface area contributed by atoms with Crippen LogP contribution in [0.5, 0.6) is 0 Å². The van der Waals surface area contributed by atoms with E-state index in [-0.39, 0.29) is 11.6 Å². The number of rotatable bonds is 3. The number of benzene rings is 1. The molecule has 1 saturated heterocycles. The van der Waals surface area contributed by atoms with Crippen LogP contribution >= 0.6 is 0 Å². The average Bonchev–Trinajstić information content (AvgIpc) is 3.07. The second-order valence-electron chi connectivity index (χ2n) is 6.90. The van der Waals surface area contributed by atoms with Gasteiger partial charge in [0.05, 0.1) is 23.1 Å². The Hall–Kier alpha value is -2.47. The number of fused-ring (bicyclic) bond motifs is 1. The van der Waals surface area contributed by atoms with Crippen molar-refractivity contribution in [1.29, 1.82) is 0 Å². The van der Waals surface area contributed by atoms with Crippen LogP contribution in [0, 0.1) is 0 Å². The summed E-state index contributed by atoms with van der Waals surface area (Å²) in [5, 5.41) is 4.93. The van der Waals surface area contributed by atoms with E-state index in [0.717, 1.165) is 37.3 Å². The van der Waals surface area contributed by atoms with Gasteiger partial charge >= 0.3 is 0 Å². The van der Waals surface area contributed by atoms with Gasteiger partial charge in [-0.15, -0.1) is 0 Å². The molecule has 2 aromatic heterocycles. The normalized spacial score (nSPS) is 17.8. The summed E-state index contributed by atoms with van der Waals surface area (Å²) in [6.07, 6.45) is 6.31. The molecule has 1 atom stereocenters. The smallest absolute Gasteiger partial charge is 0.258 e. The van der Waals surface area contributed by atoms with Gasteiger partial charge in [-0.05, 0) is 56.5 Å². The lowest BCUT2D eigenvalue weighted by Gasteiger charge is -2.35. The van der Waals surface area contributed by atoms with E-state index in [2.05, 4.69) is 33.1 Å². The highest BCUT2D eigenvalue weighted by Gasteiger charge is 2.26. The Kier molecular flexibility index (Phi) is 4.13. The molecule has 1 unspecified atom stereocenters. The van der Waals surface area contributed by atoms with Crippen molar-refractivity contribution in [3.8, 4) is 0 Å². The van der Waals surface area contributed by atoms with Crippen molar-refractivity contribution in [2.24, 2.45) is 7.05 Å². The lowest BCUT2D eigenvalue weighted by Crippen LogP contribution is -2.36. The Morgan fingerprint density at radius 1 is 1.24 bits per heavy atom. The van der Waals surface area contributed by atoms with Crippen molar-refractivity contribution < 1.29 is 0 Å². The lowest BCUT2D eigenvalue weighted by molar-refractivity contribution is 0.157. The molecule has 1 aliphatic heterocycles. The zero-order valence-corrected chi connectivity index (χ0v) is 14.6. The van der Waals surface area contributed by atoms with Gasteiger partial charge in [0.15, 0.2) is 0 Å². The molecule has 0 saturated carbocycles. The molecule has 3 aromatic rings. The molecule has 25 heavy (non-hydrogen) atoms. The van der Waals surface area contributed by atoms with Crippen LogP contribution in [0.2, 0.25) is 0 Å². The van der Waals surface area contributed by atoms with Crippen molar-refractivity contribution >= 4 is 10.9 Å². The maximum absolute atomic E-state index is 12.3. The molecule has 1 aliphatic rings. The van der Waals surface area contributed by atoms with Gasteiger partial charge < -0.3 is 4.98 Å². The topological polar surface area (TPSA) is 66.8 Å². The monoisotopic (exact) mass is 337 g/mol. The van der Waals surface area contributed by atoms with Crippen LogP contribution in [-0.2, 0) is 7.05 Å². The molecule has 0 aliphatic carbocycles. The molecule has 1 fully saturated rings. The predicted molar refractivity (Wildman–Crippen MR) is 97.5 cm³/mol. The number of piperidine rings is 1. The summed E-state index contributed by atoms with van der Waals surface area (Å²) in [6.45, 7) is 4.12. The largest absolute Gasteiger partial charge is 0.309 e. The molecule has 0 spiro atoms. The van der Waals surface area contributed by atoms with E-state index in [1.165, 1.54) is 5.56 Å². The maximum atomic E-state index is 12.3. The first kappa shape index (κ1) is 16.0. The number of likely N-dealkylation sites (tertiary alicyclic amines) is 1. The van der Waals surface area contributed by atoms with Crippen LogP contribution in [0.1, 0.15) is 43.1 Å². The number of aromatic nitrogens is 4. The van der Waals surface area contributed by atoms with Gasteiger partial charge in [0.25, 0.3) is 5.56 Å². The van der Waals surface area contributed by atoms with Crippen LogP contribution in [0.15, 0.2) is 41.5 Å². The third kappa shape index (κ3) is 3.09. The van der Waals surface area contributed by atoms with E-state index in [0.29, 0.717) is 11.3 Å². The highest BCUT2D eigenvalue weighted by atomic mass is 16.1. The number of para-hydroxylation sites is 1. The first-order valence-electron chi connectivity index (χ1n) is 8.83. The fraction of sp³-hybridized carbons (Fsp3) is 0.421. The molecule has 1 aromatic carbocycles. The fourth-order valence-corrected chi connectivity index (χ4v) is 3.75. The van der Waals surface area contributed by atoms with Crippen LogP contribution < -0.4 is 5.56 Å². The van der Waals surface area contributed by atoms with Crippen LogP contribution in [0.25, 0.3) is 10.9 Å². The standard InChI is InChI=1S/C19H23N5O/c1-13(18-21-17-6-4-3-5-16(17)19(25)22-18)24-9-7-14(8-10-24)15-11-20-23(2)12-15/h3-6,11-14H,7-10H2,1-2H3,(H,21,22,25). The van der Waals surface area contributed by atoms with Crippen molar-refractivity contribution in [3.05, 3.63) is 58.4 Å². The molecule has 3 heterocycles. The minimum Gasteiger partial charge on any atom is -0.309 e. The molecule has 6 heteroatoms. The summed E-state index contributed by atoms with van der Waals surface area (Å²) in [5.74, 6) is 1.32. The zero-order chi connectivity index (χ0) is 17.4. The quantitative estimate of drug-likeness (QED) is 0.798. The van der Waals surface area contributed by atoms with Crippen molar-refractivity contribution in [1.82, 2.24) is 24.6 Å². The Balaban J connectivity index is 1.50. The summed E-state index contributed by atoms with van der Waals surface area (Å²) in [5.41, 5.74) is 2.03. The van der Waals surface area contributed by atoms with Gasteiger partial charge in [0, 0.05) is 13.2 Å². The van der Waals surface area contributed by atoms with Gasteiger partial charge in [-0.25, -0.2) is 4.98 Å². The molecule has 1 N–H and O–H groups in total. The molecular weight excluding hydrogens is 314 g/mol. The van der Waals surface area contributed by atoms with E-state index in [9.17, 15) is 4.79 Å². The lowest BCUT2D eigenvalue weighted by atomic mass is 9.91. The summed E-state index contributed by atoms with van der Waals surface area (Å²) in [4.78, 5) is 22.4. The molecule has 4 rings (SSSR count). The van der Waals surface area contributed by atoms with E-state index >= 15 is 0 Å². The third-order valence-electron chi connectivity index (χ3n) is 5.30. The van der Waals surface area contributed by atoms with Crippen LogP contribution in [0.3, 0.4) is 0 Å². The van der Waals surface area contributed by atoms with Gasteiger partial charge in [-0.1, -0.05) is 12.1 Å². The Morgan fingerprint density at radius 3 is 2.72 bits per heavy atom. The number of nitrogens with one attached hydrogen (secondary N) is 1. The van der Waals surface area contributed by atoms with Crippen molar-refractivity contribution in [2.75, 3.05) is 13.1 Å². The number of H-pyrrole nitrogens is 1. The number of aromatic amines is 1. The van der Waals surface area contributed by atoms with E-state index in [1.807, 2.05) is 42.2 Å². The second kappa shape index (κ2) is 6.44. The first-order valence-corrected chi connectivity index (χ1v) is 8.83. The van der Waals surface area contributed by atoms with Crippen LogP contribution in [-0.4, -0.2) is 37.7 Å². The minimum absolute atomic E-state index is 0.0577. The van der Waals surface area contributed by atoms with E-state index in [1.54, 1.807) is 0 Å². The van der Waals surface area contributed by atoms with E-state index in [4.69, 9.17) is 0 Å². The number of hydrogen-bond donors (Lipinski definition) is 1. The highest BCUT2D eigenvalue weighted by molar-refractivity contribution is 5.77. The SMILES string of the molecule is CC(c1nc2ccccc2c(=O)[nH]1)N1CCC(c2cnn(C)c2)CC1. The molecular formula is C19H23N5O. The summed E-state index contributed by atoms with van der Waals surface area (Å²) >= 11 is 0. The number of nitrogens with zero attached hydrogens (tertiary/aromatic N) is 4. The number of hydrogen-bond acceptors (Lipinski definition) is 4. The average molecular weight is 337 g/mol. The zero-order valence-electron chi connectivity index (χ0n) is 14.6. The van der Waals surface area contributed by atoms with E-state index < -0.39 is 0 Å². The third-order valence-corrected chi connectivity index (χ3v) is 5.30. The molecule has 130 valence electrons. The Bertz CT molecular complexity index is 936. The van der Waals surface area contributed by atoms with Gasteiger partial charge in [-0.2, -0.15) is 5.10 Å². The molecule has 0 amide bonds. The molecule has 0 bridgehead atoms. The molecule has 6 nitrogen and oxygen atoms in total. The summed E-state index contributed by atoms with van der Waals surface area (Å²) < 4.78 is 1.87. The maximum Gasteiger partial charge on any atom is 0.258 e. The first-order chi connectivity index (χ1) is 12.1. The van der Waals surface area contributed by atoms with Crippen molar-refractivity contribution in [2.45, 2.75) is 31.7 Å². The Labute approximate surface area is 146 Å². The van der Waals surface area contributed by atoms with Crippen LogP contribution in [0.4, 0.5) is 0 Å². The summed E-state index contributed by atoms with van der Waals surface area (Å²) in [6, 6.07) is 7.60. The van der Waals surface area contributed by atoms with Gasteiger partial charge in [0.2, 0.25) is 0 Å². The fourth-order valence-electron chi connectivity index (χ4n) is 3.75. The van der Waals surface area contributed by atoms with Crippen molar-refractivity contribution in [3.63, 3.8) is 0 Å². The summed E-state index contributed by atoms with van der Waals surface area (Å²) in [7, 11) is 1.96. The second-order valence-corrected chi connectivity index (χ2v) is 6.90. The number of aryl methyl sites for hydroxylation is 1. The predicted octanol–water partition coefficient (Wildman–Crippen LogP) is 2.60. The highest BCUT2D eigenvalue weighted by Crippen LogP contribution is 2.31.